The zero-order valence-corrected chi connectivity index (χ0v) is 20.4. The Balaban J connectivity index is 1.43. The molecule has 4 aliphatic carbocycles. The third-order valence-corrected chi connectivity index (χ3v) is 11.1. The van der Waals surface area contributed by atoms with Crippen molar-refractivity contribution in [2.24, 2.45) is 46.3 Å². The van der Waals surface area contributed by atoms with Crippen LogP contribution < -0.4 is 0 Å². The Hall–Kier alpha value is -0.670. The monoisotopic (exact) mass is 428 g/mol. The second-order valence-corrected chi connectivity index (χ2v) is 12.7. The molecule has 10 atom stereocenters. The SMILES string of the molecule is CC(C)CCC[C@@H](C)[C@H]1CC[C@H]2[C@@H]3[C@H]4O[C@H](C)C5(CC=CC[C@]5(O)C4=O)[C@H]3CC[C@]12C. The van der Waals surface area contributed by atoms with Gasteiger partial charge in [-0.25, -0.2) is 0 Å². The molecule has 6 aliphatic rings. The second kappa shape index (κ2) is 7.42. The van der Waals surface area contributed by atoms with Crippen molar-refractivity contribution in [3.63, 3.8) is 0 Å². The van der Waals surface area contributed by atoms with Crippen molar-refractivity contribution in [1.82, 2.24) is 0 Å². The van der Waals surface area contributed by atoms with Crippen LogP contribution in [-0.4, -0.2) is 28.7 Å². The van der Waals surface area contributed by atoms with Gasteiger partial charge in [-0.1, -0.05) is 59.1 Å². The lowest BCUT2D eigenvalue weighted by Crippen LogP contribution is -2.78. The minimum absolute atomic E-state index is 0.00822. The van der Waals surface area contributed by atoms with Crippen molar-refractivity contribution >= 4 is 5.78 Å². The summed E-state index contributed by atoms with van der Waals surface area (Å²) in [6.07, 6.45) is 14.1. The molecule has 3 nitrogen and oxygen atoms in total. The van der Waals surface area contributed by atoms with Crippen molar-refractivity contribution in [1.29, 1.82) is 0 Å². The van der Waals surface area contributed by atoms with Crippen LogP contribution in [0.25, 0.3) is 0 Å². The Labute approximate surface area is 189 Å². The molecular weight excluding hydrogens is 384 g/mol. The Morgan fingerprint density at radius 2 is 1.84 bits per heavy atom. The number of carbonyl (C=O) groups excluding carboxylic acids is 1. The van der Waals surface area contributed by atoms with Crippen LogP contribution in [0.3, 0.4) is 0 Å². The molecule has 3 saturated carbocycles. The summed E-state index contributed by atoms with van der Waals surface area (Å²) >= 11 is 0. The van der Waals surface area contributed by atoms with Gasteiger partial charge in [-0.15, -0.1) is 0 Å². The van der Waals surface area contributed by atoms with Crippen LogP contribution in [-0.2, 0) is 9.53 Å². The van der Waals surface area contributed by atoms with Gasteiger partial charge in [0.1, 0.15) is 11.7 Å². The number of aliphatic hydroxyl groups is 1. The predicted molar refractivity (Wildman–Crippen MR) is 123 cm³/mol. The maximum absolute atomic E-state index is 13.6. The van der Waals surface area contributed by atoms with E-state index in [9.17, 15) is 9.90 Å². The fraction of sp³-hybridized carbons (Fsp3) is 0.893. The van der Waals surface area contributed by atoms with Gasteiger partial charge in [0.2, 0.25) is 0 Å². The number of Topliss-reactive ketones (excluding diaryl/α,β-unsaturated/α-hetero) is 1. The van der Waals surface area contributed by atoms with E-state index in [1.165, 1.54) is 38.5 Å². The highest BCUT2D eigenvalue weighted by molar-refractivity contribution is 5.95. The maximum atomic E-state index is 13.6. The summed E-state index contributed by atoms with van der Waals surface area (Å²) in [4.78, 5) is 13.6. The number of fused-ring (bicyclic) bond motifs is 2. The van der Waals surface area contributed by atoms with Crippen molar-refractivity contribution in [3.8, 4) is 0 Å². The van der Waals surface area contributed by atoms with Gasteiger partial charge < -0.3 is 9.84 Å². The second-order valence-electron chi connectivity index (χ2n) is 12.7. The molecule has 3 heteroatoms. The fourth-order valence-electron chi connectivity index (χ4n) is 9.63. The zero-order valence-electron chi connectivity index (χ0n) is 20.4. The van der Waals surface area contributed by atoms with Crippen molar-refractivity contribution < 1.29 is 14.6 Å². The third-order valence-electron chi connectivity index (χ3n) is 11.1. The first-order chi connectivity index (χ1) is 14.7. The summed E-state index contributed by atoms with van der Waals surface area (Å²) < 4.78 is 6.49. The van der Waals surface area contributed by atoms with Crippen LogP contribution >= 0.6 is 0 Å². The summed E-state index contributed by atoms with van der Waals surface area (Å²) in [5.74, 6) is 3.62. The molecular formula is C28H44O3. The minimum atomic E-state index is -1.21. The normalized spacial score (nSPS) is 51.5. The van der Waals surface area contributed by atoms with Gasteiger partial charge in [0.05, 0.1) is 6.10 Å². The minimum Gasteiger partial charge on any atom is -0.381 e. The van der Waals surface area contributed by atoms with E-state index >= 15 is 0 Å². The third kappa shape index (κ3) is 2.81. The van der Waals surface area contributed by atoms with E-state index in [0.29, 0.717) is 29.6 Å². The molecule has 0 radical (unpaired) electrons. The first kappa shape index (κ1) is 22.1. The molecule has 6 rings (SSSR count). The Kier molecular flexibility index (Phi) is 5.30. The lowest BCUT2D eigenvalue weighted by molar-refractivity contribution is -0.305. The lowest BCUT2D eigenvalue weighted by atomic mass is 9.39. The van der Waals surface area contributed by atoms with E-state index in [0.717, 1.165) is 30.6 Å². The fourth-order valence-corrected chi connectivity index (χ4v) is 9.63. The number of hydrogen-bond acceptors (Lipinski definition) is 3. The van der Waals surface area contributed by atoms with E-state index in [1.54, 1.807) is 0 Å². The maximum Gasteiger partial charge on any atom is 0.194 e. The molecule has 1 unspecified atom stereocenters. The standard InChI is InChI=1S/C28H44O3/c1-17(2)9-8-10-18(3)20-11-12-21-23-22(13-16-26(20,21)5)27-14-6-7-15-28(27,30)25(29)24(23)31-19(27)4/h6-7,17-24,30H,8-16H2,1-5H3/t18-,19-,20-,21+,22+,23+,24-,26-,27?,28+/m1/s1. The molecule has 0 aromatic heterocycles. The number of hydrogen-bond donors (Lipinski definition) is 1. The summed E-state index contributed by atoms with van der Waals surface area (Å²) in [5, 5.41) is 11.8. The van der Waals surface area contributed by atoms with Gasteiger partial charge in [-0.2, -0.15) is 0 Å². The van der Waals surface area contributed by atoms with Gasteiger partial charge in [0, 0.05) is 11.8 Å². The van der Waals surface area contributed by atoms with Crippen LogP contribution in [0.4, 0.5) is 0 Å². The van der Waals surface area contributed by atoms with Gasteiger partial charge in [-0.05, 0) is 80.0 Å². The lowest BCUT2D eigenvalue weighted by Gasteiger charge is -2.69. The van der Waals surface area contributed by atoms with E-state index in [2.05, 4.69) is 40.7 Å². The van der Waals surface area contributed by atoms with Gasteiger partial charge in [-0.3, -0.25) is 4.79 Å². The van der Waals surface area contributed by atoms with Crippen LogP contribution in [0, 0.1) is 46.3 Å². The Morgan fingerprint density at radius 1 is 1.10 bits per heavy atom. The average Bonchev–Trinajstić information content (AvgIpc) is 3.07. The first-order valence-electron chi connectivity index (χ1n) is 13.2. The van der Waals surface area contributed by atoms with E-state index in [-0.39, 0.29) is 11.9 Å². The molecule has 174 valence electrons. The molecule has 1 N–H and O–H groups in total. The highest BCUT2D eigenvalue weighted by Crippen LogP contribution is 2.71. The molecule has 5 fully saturated rings. The van der Waals surface area contributed by atoms with E-state index < -0.39 is 17.1 Å². The van der Waals surface area contributed by atoms with Crippen molar-refractivity contribution in [2.75, 3.05) is 0 Å². The van der Waals surface area contributed by atoms with Crippen molar-refractivity contribution in [3.05, 3.63) is 12.2 Å². The van der Waals surface area contributed by atoms with Crippen LogP contribution in [0.5, 0.6) is 0 Å². The number of ketones is 1. The molecule has 31 heavy (non-hydrogen) atoms. The Morgan fingerprint density at radius 3 is 2.58 bits per heavy atom. The predicted octanol–water partition coefficient (Wildman–Crippen LogP) is 5.95. The summed E-state index contributed by atoms with van der Waals surface area (Å²) in [6, 6.07) is 0. The highest BCUT2D eigenvalue weighted by Gasteiger charge is 2.76. The van der Waals surface area contributed by atoms with Gasteiger partial charge >= 0.3 is 0 Å². The van der Waals surface area contributed by atoms with Crippen LogP contribution in [0.2, 0.25) is 0 Å². The molecule has 0 aromatic carbocycles. The average molecular weight is 429 g/mol. The molecule has 2 bridgehead atoms. The molecule has 2 saturated heterocycles. The largest absolute Gasteiger partial charge is 0.381 e. The number of allylic oxidation sites excluding steroid dienone is 1. The molecule has 2 heterocycles. The highest BCUT2D eigenvalue weighted by atomic mass is 16.5. The van der Waals surface area contributed by atoms with Crippen molar-refractivity contribution in [2.45, 2.75) is 110 Å². The molecule has 0 amide bonds. The smallest absolute Gasteiger partial charge is 0.194 e. The molecule has 1 spiro atoms. The molecule has 0 aromatic rings. The topological polar surface area (TPSA) is 46.5 Å². The first-order valence-corrected chi connectivity index (χ1v) is 13.2. The summed E-state index contributed by atoms with van der Waals surface area (Å²) in [6.45, 7) is 11.8. The Bertz CT molecular complexity index is 757. The summed E-state index contributed by atoms with van der Waals surface area (Å²) in [5.41, 5.74) is -1.30. The van der Waals surface area contributed by atoms with Gasteiger partial charge in [0.15, 0.2) is 5.78 Å². The zero-order chi connectivity index (χ0) is 22.2. The summed E-state index contributed by atoms with van der Waals surface area (Å²) in [7, 11) is 0. The quantitative estimate of drug-likeness (QED) is 0.551. The van der Waals surface area contributed by atoms with Crippen LogP contribution in [0.15, 0.2) is 12.2 Å². The van der Waals surface area contributed by atoms with Gasteiger partial charge in [0.25, 0.3) is 0 Å². The van der Waals surface area contributed by atoms with E-state index in [4.69, 9.17) is 4.74 Å². The number of rotatable bonds is 5. The van der Waals surface area contributed by atoms with E-state index in [1.807, 2.05) is 6.08 Å². The van der Waals surface area contributed by atoms with Crippen LogP contribution in [0.1, 0.15) is 92.4 Å². The number of carbonyl (C=O) groups is 1. The number of ether oxygens (including phenoxy) is 1. The molecule has 2 aliphatic heterocycles.